The van der Waals surface area contributed by atoms with Crippen LogP contribution < -0.4 is 31.6 Å². The number of guanidine groups is 1. The van der Waals surface area contributed by atoms with Gasteiger partial charge >= 0.3 is 12.1 Å². The van der Waals surface area contributed by atoms with Gasteiger partial charge in [-0.3, -0.25) is 19.4 Å². The fourth-order valence-electron chi connectivity index (χ4n) is 8.67. The highest BCUT2D eigenvalue weighted by Crippen LogP contribution is 2.63. The molecule has 266 valence electrons. The molecule has 0 unspecified atom stereocenters. The summed E-state index contributed by atoms with van der Waals surface area (Å²) in [6, 6.07) is 3.14. The number of nitrogens with one attached hydrogen (secondary N) is 2. The third kappa shape index (κ3) is 6.59. The topological polar surface area (TPSA) is 211 Å². The number of ether oxygens (including phenoxy) is 3. The first-order valence-electron chi connectivity index (χ1n) is 17.1. The zero-order valence-electron chi connectivity index (χ0n) is 28.1. The number of carboxylic acid groups (broad SMARTS) is 1. The van der Waals surface area contributed by atoms with Crippen molar-refractivity contribution < 1.29 is 38.5 Å². The van der Waals surface area contributed by atoms with E-state index in [4.69, 9.17) is 30.8 Å². The van der Waals surface area contributed by atoms with Gasteiger partial charge in [0.2, 0.25) is 11.8 Å². The van der Waals surface area contributed by atoms with Crippen LogP contribution in [0.4, 0.5) is 4.79 Å². The zero-order valence-corrected chi connectivity index (χ0v) is 28.1. The van der Waals surface area contributed by atoms with E-state index in [1.165, 1.54) is 11.1 Å². The quantitative estimate of drug-likeness (QED) is 0.0908. The number of likely N-dealkylation sites (tertiary alicyclic amines) is 2. The van der Waals surface area contributed by atoms with E-state index in [0.717, 1.165) is 44.4 Å². The number of aliphatic carboxylic acids is 1. The number of carbonyl (C=O) groups excluding carboxylic acids is 3. The normalized spacial score (nSPS) is 27.1. The number of hydrogen-bond donors (Lipinski definition) is 5. The third-order valence-corrected chi connectivity index (χ3v) is 10.9. The smallest absolute Gasteiger partial charge is 0.415 e. The molecule has 1 spiro atoms. The highest BCUT2D eigenvalue weighted by molar-refractivity contribution is 5.96. The highest BCUT2D eigenvalue weighted by Gasteiger charge is 2.65. The van der Waals surface area contributed by atoms with Gasteiger partial charge in [0.25, 0.3) is 0 Å². The number of carboxylic acids is 1. The van der Waals surface area contributed by atoms with Crippen LogP contribution in [0.25, 0.3) is 0 Å². The van der Waals surface area contributed by atoms with Crippen LogP contribution in [0.3, 0.4) is 0 Å². The summed E-state index contributed by atoms with van der Waals surface area (Å²) in [6.45, 7) is 1.76. The second-order valence-corrected chi connectivity index (χ2v) is 13.7. The van der Waals surface area contributed by atoms with E-state index < -0.39 is 42.4 Å². The molecule has 15 nitrogen and oxygen atoms in total. The molecule has 3 aliphatic heterocycles. The minimum atomic E-state index is -1.30. The van der Waals surface area contributed by atoms with Gasteiger partial charge < -0.3 is 51.2 Å². The predicted molar refractivity (Wildman–Crippen MR) is 178 cm³/mol. The first-order valence-corrected chi connectivity index (χ1v) is 17.1. The lowest BCUT2D eigenvalue weighted by atomic mass is 9.53. The molecule has 0 radical (unpaired) electrons. The maximum atomic E-state index is 13.9. The molecule has 6 rings (SSSR count). The Kier molecular flexibility index (Phi) is 9.91. The second-order valence-electron chi connectivity index (χ2n) is 13.7. The first kappa shape index (κ1) is 34.3. The summed E-state index contributed by atoms with van der Waals surface area (Å²) in [5.74, 6) is -0.387. The van der Waals surface area contributed by atoms with Crippen LogP contribution in [0.15, 0.2) is 29.0 Å². The van der Waals surface area contributed by atoms with Crippen LogP contribution in [-0.2, 0) is 31.0 Å². The van der Waals surface area contributed by atoms with Crippen molar-refractivity contribution in [3.05, 3.63) is 35.1 Å². The van der Waals surface area contributed by atoms with Crippen molar-refractivity contribution in [3.63, 3.8) is 0 Å². The van der Waals surface area contributed by atoms with Crippen molar-refractivity contribution in [2.45, 2.75) is 87.4 Å². The molecule has 2 bridgehead atoms. The van der Waals surface area contributed by atoms with E-state index in [2.05, 4.69) is 33.6 Å². The number of nitrogens with zero attached hydrogens (tertiary/aromatic N) is 3. The number of piperidine rings is 2. The number of benzene rings is 1. The lowest BCUT2D eigenvalue weighted by molar-refractivity contribution is -0.141. The molecule has 3 amide bonds. The standard InChI is InChI=1S/C34H47N7O8/c1-40-15-12-34-21-9-11-25(30(34)49-29-24(47-2)10-8-19(28(29)34)16-23(21)40)48-33(46)41-14-4-3-6-20(41)18-38-31(45)22(7-5-13-37-32(35)36)39-26(42)17-27(43)44/h8,10-11,20-23,30H,3-7,9,12-18H2,1-2H3,(H,38,45)(H,39,42)(H,43,44)(H4,35,36,37)/t20-,21+,22+,23-,30+,34+/m1/s1. The maximum absolute atomic E-state index is 13.9. The lowest BCUT2D eigenvalue weighted by Gasteiger charge is -2.56. The molecule has 49 heavy (non-hydrogen) atoms. The van der Waals surface area contributed by atoms with Gasteiger partial charge in [0.15, 0.2) is 23.6 Å². The maximum Gasteiger partial charge on any atom is 0.415 e. The van der Waals surface area contributed by atoms with E-state index in [0.29, 0.717) is 42.9 Å². The number of likely N-dealkylation sites (N-methyl/N-ethyl adjacent to an activating group) is 1. The first-order chi connectivity index (χ1) is 23.5. The number of allylic oxidation sites excluding steroid dienone is 1. The summed E-state index contributed by atoms with van der Waals surface area (Å²) >= 11 is 0. The Labute approximate surface area is 285 Å². The van der Waals surface area contributed by atoms with Gasteiger partial charge in [-0.2, -0.15) is 0 Å². The molecular formula is C34H47N7O8. The van der Waals surface area contributed by atoms with E-state index in [1.807, 2.05) is 12.1 Å². The van der Waals surface area contributed by atoms with E-state index >= 15 is 0 Å². The molecule has 15 heteroatoms. The molecule has 2 fully saturated rings. The fraction of sp³-hybridized carbons (Fsp3) is 0.618. The molecule has 7 N–H and O–H groups in total. The molecule has 0 aromatic heterocycles. The Morgan fingerprint density at radius 1 is 1.20 bits per heavy atom. The largest absolute Gasteiger partial charge is 0.493 e. The highest BCUT2D eigenvalue weighted by atomic mass is 16.6. The number of aliphatic imine (C=N–C) groups is 1. The number of nitrogens with two attached hydrogens (primary N) is 2. The van der Waals surface area contributed by atoms with Crippen molar-refractivity contribution in [2.75, 3.05) is 40.3 Å². The van der Waals surface area contributed by atoms with Gasteiger partial charge in [0.1, 0.15) is 18.2 Å². The van der Waals surface area contributed by atoms with Crippen molar-refractivity contribution in [2.24, 2.45) is 22.4 Å². The Balaban J connectivity index is 1.15. The van der Waals surface area contributed by atoms with E-state index in [9.17, 15) is 19.2 Å². The molecular weight excluding hydrogens is 634 g/mol. The van der Waals surface area contributed by atoms with Crippen LogP contribution in [0.1, 0.15) is 62.5 Å². The minimum Gasteiger partial charge on any atom is -0.493 e. The Hall–Kier alpha value is -4.53. The van der Waals surface area contributed by atoms with Crippen molar-refractivity contribution in [3.8, 4) is 11.5 Å². The van der Waals surface area contributed by atoms with Crippen molar-refractivity contribution in [1.29, 1.82) is 0 Å². The van der Waals surface area contributed by atoms with Crippen LogP contribution in [0.2, 0.25) is 0 Å². The van der Waals surface area contributed by atoms with Crippen LogP contribution in [-0.4, -0.2) is 109 Å². The zero-order chi connectivity index (χ0) is 34.9. The Bertz CT molecular complexity index is 1540. The number of rotatable bonds is 12. The SMILES string of the molecule is COc1ccc2c3c1O[C@H]1C(OC(=O)N4CCCC[C@@H]4CNC(=O)[C@H](CCCN=C(N)N)NC(=O)CC(=O)O)=CC[C@H]4[C@@H](C2)N(C)CC[C@]314. The minimum absolute atomic E-state index is 0.0913. The Morgan fingerprint density at radius 2 is 2.02 bits per heavy atom. The molecule has 0 saturated carbocycles. The van der Waals surface area contributed by atoms with Gasteiger partial charge in [-0.25, -0.2) is 4.79 Å². The third-order valence-electron chi connectivity index (χ3n) is 10.9. The molecule has 3 heterocycles. The van der Waals surface area contributed by atoms with Crippen LogP contribution >= 0.6 is 0 Å². The van der Waals surface area contributed by atoms with Gasteiger partial charge in [0, 0.05) is 36.7 Å². The Morgan fingerprint density at radius 3 is 2.78 bits per heavy atom. The van der Waals surface area contributed by atoms with Crippen LogP contribution in [0, 0.1) is 5.92 Å². The average molecular weight is 682 g/mol. The molecule has 5 aliphatic rings. The van der Waals surface area contributed by atoms with E-state index in [-0.39, 0.29) is 36.9 Å². The predicted octanol–water partition coefficient (Wildman–Crippen LogP) is 0.978. The summed E-state index contributed by atoms with van der Waals surface area (Å²) in [5.41, 5.74) is 12.9. The summed E-state index contributed by atoms with van der Waals surface area (Å²) in [5, 5.41) is 14.4. The fourth-order valence-corrected chi connectivity index (χ4v) is 8.67. The summed E-state index contributed by atoms with van der Waals surface area (Å²) in [4.78, 5) is 58.5. The van der Waals surface area contributed by atoms with Gasteiger partial charge in [-0.1, -0.05) is 6.07 Å². The summed E-state index contributed by atoms with van der Waals surface area (Å²) < 4.78 is 18.7. The monoisotopic (exact) mass is 681 g/mol. The molecule has 1 aromatic carbocycles. The lowest BCUT2D eigenvalue weighted by Crippen LogP contribution is -2.63. The van der Waals surface area contributed by atoms with Gasteiger partial charge in [-0.05, 0) is 88.6 Å². The van der Waals surface area contributed by atoms with Gasteiger partial charge in [0.05, 0.1) is 13.2 Å². The molecule has 2 saturated heterocycles. The summed E-state index contributed by atoms with van der Waals surface area (Å²) in [7, 11) is 3.83. The molecule has 6 atom stereocenters. The molecule has 1 aromatic rings. The molecule has 2 aliphatic carbocycles. The number of carbonyl (C=O) groups is 4. The average Bonchev–Trinajstić information content (AvgIpc) is 3.42. The van der Waals surface area contributed by atoms with E-state index in [1.54, 1.807) is 12.0 Å². The van der Waals surface area contributed by atoms with Gasteiger partial charge in [-0.15, -0.1) is 0 Å². The number of amides is 3. The van der Waals surface area contributed by atoms with Crippen molar-refractivity contribution >= 4 is 29.8 Å². The summed E-state index contributed by atoms with van der Waals surface area (Å²) in [6.07, 6.45) is 5.79. The van der Waals surface area contributed by atoms with Crippen LogP contribution in [0.5, 0.6) is 11.5 Å². The number of hydrogen-bond acceptors (Lipinski definition) is 9. The van der Waals surface area contributed by atoms with Crippen molar-refractivity contribution in [1.82, 2.24) is 20.4 Å². The number of methoxy groups -OCH3 is 1. The second kappa shape index (κ2) is 14.1.